The Bertz CT molecular complexity index is 354. The van der Waals surface area contributed by atoms with Crippen molar-refractivity contribution in [1.82, 2.24) is 16.1 Å². The minimum atomic E-state index is 0.136. The first-order valence-corrected chi connectivity index (χ1v) is 6.11. The van der Waals surface area contributed by atoms with Gasteiger partial charge in [-0.3, -0.25) is 11.3 Å². The second-order valence-electron chi connectivity index (χ2n) is 5.50. The number of allylic oxidation sites excluding steroid dienone is 2. The summed E-state index contributed by atoms with van der Waals surface area (Å²) in [6.45, 7) is 6.05. The zero-order chi connectivity index (χ0) is 12.3. The molecule has 0 aromatic carbocycles. The molecule has 0 saturated heterocycles. The maximum absolute atomic E-state index is 5.37. The molecular formula is C13H22N4. The molecule has 2 unspecified atom stereocenters. The van der Waals surface area contributed by atoms with Gasteiger partial charge < -0.3 is 10.6 Å². The lowest BCUT2D eigenvalue weighted by molar-refractivity contribution is 0.331. The first-order valence-electron chi connectivity index (χ1n) is 6.11. The molecule has 1 aliphatic heterocycles. The lowest BCUT2D eigenvalue weighted by Crippen LogP contribution is -2.42. The Morgan fingerprint density at radius 1 is 1.29 bits per heavy atom. The monoisotopic (exact) mass is 234 g/mol. The lowest BCUT2D eigenvalue weighted by Gasteiger charge is -2.25. The zero-order valence-corrected chi connectivity index (χ0v) is 10.5. The first-order chi connectivity index (χ1) is 8.11. The van der Waals surface area contributed by atoms with Gasteiger partial charge in [0.2, 0.25) is 0 Å². The van der Waals surface area contributed by atoms with Crippen LogP contribution in [0.4, 0.5) is 0 Å². The third kappa shape index (κ3) is 3.11. The fourth-order valence-corrected chi connectivity index (χ4v) is 2.13. The van der Waals surface area contributed by atoms with E-state index in [0.717, 1.165) is 18.9 Å². The van der Waals surface area contributed by atoms with E-state index in [1.165, 1.54) is 0 Å². The Morgan fingerprint density at radius 2 is 2.06 bits per heavy atom. The Balaban J connectivity index is 1.85. The van der Waals surface area contributed by atoms with Crippen molar-refractivity contribution >= 4 is 0 Å². The molecular weight excluding hydrogens is 212 g/mol. The molecule has 0 radical (unpaired) electrons. The number of nitrogens with two attached hydrogens (primary N) is 1. The molecule has 0 aromatic heterocycles. The van der Waals surface area contributed by atoms with Gasteiger partial charge in [0.25, 0.3) is 0 Å². The average Bonchev–Trinajstić information content (AvgIpc) is 2.69. The standard InChI is InChI=1S/C13H22N4/c1-13(2,9-16-14)8-15-12-7-10-5-3-4-6-11(10)17-12/h3-7,10-11,15-17H,8-9,14H2,1-2H3. The summed E-state index contributed by atoms with van der Waals surface area (Å²) in [7, 11) is 0. The van der Waals surface area contributed by atoms with E-state index in [1.54, 1.807) is 0 Å². The van der Waals surface area contributed by atoms with Gasteiger partial charge in [-0.2, -0.15) is 0 Å². The van der Waals surface area contributed by atoms with E-state index in [2.05, 4.69) is 60.3 Å². The van der Waals surface area contributed by atoms with Crippen LogP contribution < -0.4 is 21.9 Å². The van der Waals surface area contributed by atoms with Gasteiger partial charge in [-0.1, -0.05) is 38.2 Å². The van der Waals surface area contributed by atoms with E-state index in [9.17, 15) is 0 Å². The fraction of sp³-hybridized carbons (Fsp3) is 0.538. The highest BCUT2D eigenvalue weighted by Crippen LogP contribution is 2.22. The molecule has 0 fully saturated rings. The van der Waals surface area contributed by atoms with Crippen molar-refractivity contribution in [3.8, 4) is 0 Å². The second kappa shape index (κ2) is 4.94. The van der Waals surface area contributed by atoms with Crippen LogP contribution in [0.1, 0.15) is 13.8 Å². The molecule has 1 aliphatic carbocycles. The summed E-state index contributed by atoms with van der Waals surface area (Å²) in [5.74, 6) is 6.98. The lowest BCUT2D eigenvalue weighted by atomic mass is 9.94. The number of nitrogens with one attached hydrogen (secondary N) is 3. The van der Waals surface area contributed by atoms with E-state index < -0.39 is 0 Å². The van der Waals surface area contributed by atoms with Gasteiger partial charge in [0.05, 0.1) is 11.9 Å². The van der Waals surface area contributed by atoms with Crippen LogP contribution in [0.15, 0.2) is 36.2 Å². The minimum absolute atomic E-state index is 0.136. The van der Waals surface area contributed by atoms with Gasteiger partial charge in [-0.25, -0.2) is 0 Å². The molecule has 2 atom stereocenters. The molecule has 2 rings (SSSR count). The van der Waals surface area contributed by atoms with Gasteiger partial charge in [-0.15, -0.1) is 0 Å². The highest BCUT2D eigenvalue weighted by molar-refractivity contribution is 5.28. The molecule has 0 spiro atoms. The highest BCUT2D eigenvalue weighted by atomic mass is 15.2. The van der Waals surface area contributed by atoms with Crippen molar-refractivity contribution in [2.75, 3.05) is 13.1 Å². The van der Waals surface area contributed by atoms with Crippen LogP contribution in [-0.4, -0.2) is 19.1 Å². The predicted molar refractivity (Wildman–Crippen MR) is 70.8 cm³/mol. The Hall–Kier alpha value is -1.26. The van der Waals surface area contributed by atoms with E-state index >= 15 is 0 Å². The van der Waals surface area contributed by atoms with Crippen molar-refractivity contribution in [2.45, 2.75) is 19.9 Å². The largest absolute Gasteiger partial charge is 0.372 e. The van der Waals surface area contributed by atoms with Crippen LogP contribution in [0.5, 0.6) is 0 Å². The van der Waals surface area contributed by atoms with Crippen LogP contribution in [-0.2, 0) is 0 Å². The number of fused-ring (bicyclic) bond motifs is 1. The Labute approximate surface area is 103 Å². The van der Waals surface area contributed by atoms with Gasteiger partial charge >= 0.3 is 0 Å². The number of hydrazine groups is 1. The summed E-state index contributed by atoms with van der Waals surface area (Å²) in [5.41, 5.74) is 2.87. The number of hydrogen-bond acceptors (Lipinski definition) is 4. The predicted octanol–water partition coefficient (Wildman–Crippen LogP) is 0.621. The van der Waals surface area contributed by atoms with Gasteiger partial charge in [0.1, 0.15) is 0 Å². The Kier molecular flexibility index (Phi) is 3.54. The zero-order valence-electron chi connectivity index (χ0n) is 10.5. The molecule has 5 N–H and O–H groups in total. The van der Waals surface area contributed by atoms with E-state index in [0.29, 0.717) is 12.0 Å². The average molecular weight is 234 g/mol. The molecule has 0 aromatic rings. The van der Waals surface area contributed by atoms with Gasteiger partial charge in [0, 0.05) is 19.0 Å². The van der Waals surface area contributed by atoms with Crippen LogP contribution in [0.25, 0.3) is 0 Å². The van der Waals surface area contributed by atoms with Crippen molar-refractivity contribution in [1.29, 1.82) is 0 Å². The van der Waals surface area contributed by atoms with E-state index in [-0.39, 0.29) is 5.41 Å². The van der Waals surface area contributed by atoms with Crippen molar-refractivity contribution in [2.24, 2.45) is 17.2 Å². The molecule has 0 bridgehead atoms. The summed E-state index contributed by atoms with van der Waals surface area (Å²) in [5, 5.41) is 6.92. The fourth-order valence-electron chi connectivity index (χ4n) is 2.13. The molecule has 4 heteroatoms. The molecule has 4 nitrogen and oxygen atoms in total. The normalized spacial score (nSPS) is 26.4. The SMILES string of the molecule is CC(C)(CNN)CNC1=CC2C=CC=CC2N1. The van der Waals surface area contributed by atoms with E-state index in [1.807, 2.05) is 0 Å². The maximum atomic E-state index is 5.37. The van der Waals surface area contributed by atoms with Crippen LogP contribution in [0, 0.1) is 11.3 Å². The van der Waals surface area contributed by atoms with Crippen LogP contribution in [0.2, 0.25) is 0 Å². The summed E-state index contributed by atoms with van der Waals surface area (Å²) in [6, 6.07) is 0.415. The van der Waals surface area contributed by atoms with Crippen LogP contribution >= 0.6 is 0 Å². The topological polar surface area (TPSA) is 62.1 Å². The second-order valence-corrected chi connectivity index (χ2v) is 5.50. The summed E-state index contributed by atoms with van der Waals surface area (Å²) in [4.78, 5) is 0. The molecule has 94 valence electrons. The quantitative estimate of drug-likeness (QED) is 0.416. The highest BCUT2D eigenvalue weighted by Gasteiger charge is 2.25. The molecule has 2 aliphatic rings. The molecule has 1 heterocycles. The van der Waals surface area contributed by atoms with Gasteiger partial charge in [-0.05, 0) is 11.5 Å². The van der Waals surface area contributed by atoms with Crippen molar-refractivity contribution in [3.63, 3.8) is 0 Å². The van der Waals surface area contributed by atoms with E-state index in [4.69, 9.17) is 5.84 Å². The third-order valence-electron chi connectivity index (χ3n) is 3.20. The first kappa shape index (κ1) is 12.2. The smallest absolute Gasteiger partial charge is 0.0957 e. The number of hydrogen-bond donors (Lipinski definition) is 4. The summed E-state index contributed by atoms with van der Waals surface area (Å²) in [6.07, 6.45) is 10.9. The summed E-state index contributed by atoms with van der Waals surface area (Å²) >= 11 is 0. The maximum Gasteiger partial charge on any atom is 0.0957 e. The summed E-state index contributed by atoms with van der Waals surface area (Å²) < 4.78 is 0. The Morgan fingerprint density at radius 3 is 2.76 bits per heavy atom. The van der Waals surface area contributed by atoms with Gasteiger partial charge in [0.15, 0.2) is 0 Å². The minimum Gasteiger partial charge on any atom is -0.372 e. The molecule has 0 saturated carbocycles. The molecule has 17 heavy (non-hydrogen) atoms. The number of rotatable bonds is 5. The van der Waals surface area contributed by atoms with Crippen molar-refractivity contribution in [3.05, 3.63) is 36.2 Å². The third-order valence-corrected chi connectivity index (χ3v) is 3.20. The van der Waals surface area contributed by atoms with Crippen molar-refractivity contribution < 1.29 is 0 Å². The molecule has 0 amide bonds. The van der Waals surface area contributed by atoms with Crippen LogP contribution in [0.3, 0.4) is 0 Å².